The molecule has 1 fully saturated rings. The topological polar surface area (TPSA) is 0 Å². The number of hydrogen-bond donors (Lipinski definition) is 0. The summed E-state index contributed by atoms with van der Waals surface area (Å²) < 4.78 is 2.46. The maximum atomic E-state index is 5.10. The summed E-state index contributed by atoms with van der Waals surface area (Å²) >= 11 is 12.6. The molecule has 1 heterocycles. The summed E-state index contributed by atoms with van der Waals surface area (Å²) in [5.41, 5.74) is 0. The molecule has 0 nitrogen and oxygen atoms in total. The summed E-state index contributed by atoms with van der Waals surface area (Å²) in [7, 11) is 0. The second-order valence-corrected chi connectivity index (χ2v) is 7.74. The van der Waals surface area contributed by atoms with Gasteiger partial charge in [0, 0.05) is 0 Å². The molecule has 10 heavy (non-hydrogen) atoms. The zero-order chi connectivity index (χ0) is 7.56. The first-order chi connectivity index (χ1) is 4.77. The minimum atomic E-state index is 0.674. The predicted octanol–water partition coefficient (Wildman–Crippen LogP) is 3.13. The van der Waals surface area contributed by atoms with Gasteiger partial charge in [-0.2, -0.15) is 0 Å². The molecule has 0 aliphatic carbocycles. The van der Waals surface area contributed by atoms with E-state index in [1.54, 1.807) is 0 Å². The minimum Gasteiger partial charge on any atom is -0.149 e. The van der Waals surface area contributed by atoms with Crippen LogP contribution in [0.2, 0.25) is 0 Å². The number of rotatable bonds is 2. The van der Waals surface area contributed by atoms with Crippen molar-refractivity contribution in [3.05, 3.63) is 0 Å². The first kappa shape index (κ1) is 9.58. The van der Waals surface area contributed by atoms with Gasteiger partial charge in [-0.1, -0.05) is 35.7 Å². The van der Waals surface area contributed by atoms with Gasteiger partial charge in [0.05, 0.1) is 9.16 Å². The van der Waals surface area contributed by atoms with Crippen LogP contribution in [-0.2, 0) is 0 Å². The maximum Gasteiger partial charge on any atom is 0.106 e. The summed E-state index contributed by atoms with van der Waals surface area (Å²) in [6.45, 7) is 0. The second-order valence-electron chi connectivity index (χ2n) is 1.69. The van der Waals surface area contributed by atoms with Crippen molar-refractivity contribution in [3.63, 3.8) is 0 Å². The predicted molar refractivity (Wildman–Crippen MR) is 62.4 cm³/mol. The maximum absolute atomic E-state index is 5.10. The van der Waals surface area contributed by atoms with E-state index in [0.717, 1.165) is 3.53 Å². The average molecular weight is 228 g/mol. The highest BCUT2D eigenvalue weighted by Gasteiger charge is 2.30. The fourth-order valence-corrected chi connectivity index (χ4v) is 7.24. The smallest absolute Gasteiger partial charge is 0.106 e. The Morgan fingerprint density at radius 3 is 1.90 bits per heavy atom. The van der Waals surface area contributed by atoms with Gasteiger partial charge in [0.25, 0.3) is 0 Å². The van der Waals surface area contributed by atoms with Crippen molar-refractivity contribution < 1.29 is 0 Å². The number of hydrogen-bond acceptors (Lipinski definition) is 5. The molecule has 0 amide bonds. The van der Waals surface area contributed by atoms with Crippen LogP contribution < -0.4 is 0 Å². The fourth-order valence-electron chi connectivity index (χ4n) is 0.647. The van der Waals surface area contributed by atoms with Gasteiger partial charge in [0.1, 0.15) is 3.53 Å². The Morgan fingerprint density at radius 1 is 1.20 bits per heavy atom. The highest BCUT2D eigenvalue weighted by atomic mass is 32.3. The van der Waals surface area contributed by atoms with Crippen LogP contribution in [0.4, 0.5) is 0 Å². The van der Waals surface area contributed by atoms with Crippen LogP contribution in [-0.4, -0.2) is 25.2 Å². The third-order valence-electron chi connectivity index (χ3n) is 1.11. The summed E-state index contributed by atoms with van der Waals surface area (Å²) in [4.78, 5) is 0. The summed E-state index contributed by atoms with van der Waals surface area (Å²) in [5, 5.41) is 0. The van der Waals surface area contributed by atoms with Crippen LogP contribution in [0.5, 0.6) is 0 Å². The van der Waals surface area contributed by atoms with Crippen molar-refractivity contribution in [3.8, 4) is 0 Å². The van der Waals surface area contributed by atoms with Crippen molar-refractivity contribution in [2.45, 2.75) is 9.16 Å². The van der Waals surface area contributed by atoms with E-state index in [0.29, 0.717) is 9.16 Å². The van der Waals surface area contributed by atoms with E-state index in [-0.39, 0.29) is 0 Å². The van der Waals surface area contributed by atoms with E-state index in [1.807, 2.05) is 47.0 Å². The number of thioether (sulfide) groups is 4. The third kappa shape index (κ3) is 2.24. The van der Waals surface area contributed by atoms with Gasteiger partial charge in [-0.05, 0) is 12.5 Å². The summed E-state index contributed by atoms with van der Waals surface area (Å²) in [6.07, 6.45) is 4.30. The Kier molecular flexibility index (Phi) is 4.31. The van der Waals surface area contributed by atoms with Crippen LogP contribution in [0.15, 0.2) is 0 Å². The Labute approximate surface area is 84.0 Å². The molecule has 0 spiro atoms. The highest BCUT2D eigenvalue weighted by Crippen LogP contribution is 2.48. The number of thiocarbonyl (C=S) groups is 1. The molecule has 0 radical (unpaired) electrons. The van der Waals surface area contributed by atoms with Gasteiger partial charge in [-0.15, -0.1) is 23.5 Å². The van der Waals surface area contributed by atoms with Crippen molar-refractivity contribution >= 4 is 62.8 Å². The van der Waals surface area contributed by atoms with E-state index in [9.17, 15) is 0 Å². The molecule has 1 rings (SSSR count). The summed E-state index contributed by atoms with van der Waals surface area (Å²) in [6, 6.07) is 0. The molecule has 1 saturated heterocycles. The lowest BCUT2D eigenvalue weighted by molar-refractivity contribution is 1.39. The van der Waals surface area contributed by atoms with Crippen molar-refractivity contribution in [1.29, 1.82) is 0 Å². The molecule has 2 atom stereocenters. The average Bonchev–Trinajstić information content (AvgIpc) is 2.30. The molecule has 1 aliphatic heterocycles. The second kappa shape index (κ2) is 4.50. The molecule has 0 aromatic rings. The first-order valence-electron chi connectivity index (χ1n) is 2.71. The molecule has 0 N–H and O–H groups in total. The fraction of sp³-hybridized carbons (Fsp3) is 0.800. The van der Waals surface area contributed by atoms with Crippen LogP contribution in [0.1, 0.15) is 0 Å². The molecule has 1 aliphatic rings. The van der Waals surface area contributed by atoms with Gasteiger partial charge < -0.3 is 0 Å². The monoisotopic (exact) mass is 228 g/mol. The Morgan fingerprint density at radius 2 is 1.60 bits per heavy atom. The first-order valence-corrected chi connectivity index (χ1v) is 7.45. The molecule has 0 aromatic heterocycles. The SMILES string of the molecule is CSC1SC(=S)SC1SC. The lowest BCUT2D eigenvalue weighted by Gasteiger charge is -2.10. The Balaban J connectivity index is 2.48. The van der Waals surface area contributed by atoms with Crippen LogP contribution >= 0.6 is 59.3 Å². The molecule has 0 saturated carbocycles. The normalized spacial score (nSPS) is 33.2. The van der Waals surface area contributed by atoms with E-state index in [1.165, 1.54) is 0 Å². The molecular weight excluding hydrogens is 220 g/mol. The Hall–Kier alpha value is 1.49. The molecule has 5 heteroatoms. The largest absolute Gasteiger partial charge is 0.149 e. The lowest BCUT2D eigenvalue weighted by atomic mass is 10.9. The van der Waals surface area contributed by atoms with Gasteiger partial charge in [-0.3, -0.25) is 0 Å². The van der Waals surface area contributed by atoms with Gasteiger partial charge in [-0.25, -0.2) is 0 Å². The Bertz CT molecular complexity index is 120. The standard InChI is InChI=1S/C5H8S5/c1-7-3-4(8-2)10-5(6)9-3/h3-4H,1-2H3. The van der Waals surface area contributed by atoms with Gasteiger partial charge in [0.2, 0.25) is 0 Å². The molecule has 0 aromatic carbocycles. The molecule has 0 bridgehead atoms. The third-order valence-corrected chi connectivity index (χ3v) is 7.55. The molecular formula is C5H8S5. The van der Waals surface area contributed by atoms with Crippen LogP contribution in [0.25, 0.3) is 0 Å². The van der Waals surface area contributed by atoms with E-state index in [2.05, 4.69) is 12.5 Å². The zero-order valence-electron chi connectivity index (χ0n) is 5.70. The van der Waals surface area contributed by atoms with Crippen LogP contribution in [0, 0.1) is 0 Å². The van der Waals surface area contributed by atoms with E-state index >= 15 is 0 Å². The van der Waals surface area contributed by atoms with E-state index < -0.39 is 0 Å². The van der Waals surface area contributed by atoms with Crippen molar-refractivity contribution in [1.82, 2.24) is 0 Å². The molecule has 58 valence electrons. The summed E-state index contributed by atoms with van der Waals surface area (Å²) in [5.74, 6) is 0. The quantitative estimate of drug-likeness (QED) is 0.664. The highest BCUT2D eigenvalue weighted by molar-refractivity contribution is 8.54. The van der Waals surface area contributed by atoms with Gasteiger partial charge in [0.15, 0.2) is 0 Å². The van der Waals surface area contributed by atoms with Gasteiger partial charge >= 0.3 is 0 Å². The van der Waals surface area contributed by atoms with Crippen molar-refractivity contribution in [2.75, 3.05) is 12.5 Å². The minimum absolute atomic E-state index is 0.674. The van der Waals surface area contributed by atoms with Crippen LogP contribution in [0.3, 0.4) is 0 Å². The van der Waals surface area contributed by atoms with E-state index in [4.69, 9.17) is 12.2 Å². The van der Waals surface area contributed by atoms with Crippen molar-refractivity contribution in [2.24, 2.45) is 0 Å². The lowest BCUT2D eigenvalue weighted by Crippen LogP contribution is -2.04. The molecule has 2 unspecified atom stereocenters. The zero-order valence-corrected chi connectivity index (χ0v) is 9.78.